The van der Waals surface area contributed by atoms with Gasteiger partial charge < -0.3 is 0 Å². The van der Waals surface area contributed by atoms with Crippen LogP contribution in [-0.2, 0) is 7.05 Å². The molecule has 5 heteroatoms. The number of nitrogens with zero attached hydrogens (tertiary/aromatic N) is 3. The van der Waals surface area contributed by atoms with Gasteiger partial charge in [0.2, 0.25) is 0 Å². The van der Waals surface area contributed by atoms with E-state index in [9.17, 15) is 0 Å². The van der Waals surface area contributed by atoms with Gasteiger partial charge in [0.1, 0.15) is 9.63 Å². The third kappa shape index (κ3) is 2.36. The summed E-state index contributed by atoms with van der Waals surface area (Å²) in [6.45, 7) is 0. The monoisotopic (exact) mass is 269 g/mol. The predicted molar refractivity (Wildman–Crippen MR) is 59.3 cm³/mol. The van der Waals surface area contributed by atoms with Gasteiger partial charge in [-0.2, -0.15) is 5.10 Å². The first-order valence-electron chi connectivity index (χ1n) is 4.03. The van der Waals surface area contributed by atoms with Crippen LogP contribution < -0.4 is 0 Å². The molecule has 2 heterocycles. The van der Waals surface area contributed by atoms with Crippen molar-refractivity contribution in [2.75, 3.05) is 0 Å². The van der Waals surface area contributed by atoms with E-state index in [-0.39, 0.29) is 0 Å². The second-order valence-corrected chi connectivity index (χ2v) is 4.66. The first-order chi connectivity index (χ1) is 6.74. The largest absolute Gasteiger partial charge is 0.275 e. The van der Waals surface area contributed by atoms with Gasteiger partial charge in [0.05, 0.1) is 11.1 Å². The van der Waals surface area contributed by atoms with E-state index in [1.165, 1.54) is 0 Å². The average Bonchev–Trinajstić information content (AvgIpc) is 2.51. The lowest BCUT2D eigenvalue weighted by atomic mass is 10.5. The van der Waals surface area contributed by atoms with E-state index in [2.05, 4.69) is 26.0 Å². The van der Waals surface area contributed by atoms with Gasteiger partial charge >= 0.3 is 0 Å². The Labute approximate surface area is 94.7 Å². The van der Waals surface area contributed by atoms with Crippen LogP contribution in [0.3, 0.4) is 0 Å². The predicted octanol–water partition coefficient (Wildman–Crippen LogP) is 2.73. The minimum absolute atomic E-state index is 0.853. The number of hydrogen-bond donors (Lipinski definition) is 0. The summed E-state index contributed by atoms with van der Waals surface area (Å²) in [4.78, 5) is 5.42. The SMILES string of the molecule is Cn1cc(Sc2cccc(Br)n2)cn1. The third-order valence-electron chi connectivity index (χ3n) is 1.59. The second kappa shape index (κ2) is 4.14. The molecular formula is C9H8BrN3S. The smallest absolute Gasteiger partial charge is 0.107 e. The molecule has 0 amide bonds. The van der Waals surface area contributed by atoms with Crippen LogP contribution in [0.15, 0.2) is 45.1 Å². The highest BCUT2D eigenvalue weighted by molar-refractivity contribution is 9.10. The Bertz CT molecular complexity index is 441. The van der Waals surface area contributed by atoms with Crippen LogP contribution in [-0.4, -0.2) is 14.8 Å². The summed E-state index contributed by atoms with van der Waals surface area (Å²) >= 11 is 4.93. The van der Waals surface area contributed by atoms with Crippen LogP contribution in [0.25, 0.3) is 0 Å². The fourth-order valence-corrected chi connectivity index (χ4v) is 2.32. The van der Waals surface area contributed by atoms with Crippen molar-refractivity contribution in [2.24, 2.45) is 7.05 Å². The molecule has 0 aliphatic carbocycles. The molecule has 14 heavy (non-hydrogen) atoms. The Hall–Kier alpha value is -0.810. The number of rotatable bonds is 2. The summed E-state index contributed by atoms with van der Waals surface area (Å²) in [7, 11) is 1.90. The molecule has 0 unspecified atom stereocenters. The number of pyridine rings is 1. The zero-order valence-electron chi connectivity index (χ0n) is 7.51. The Morgan fingerprint density at radius 2 is 2.29 bits per heavy atom. The van der Waals surface area contributed by atoms with Crippen molar-refractivity contribution in [1.29, 1.82) is 0 Å². The normalized spacial score (nSPS) is 10.4. The summed E-state index contributed by atoms with van der Waals surface area (Å²) in [5.41, 5.74) is 0. The summed E-state index contributed by atoms with van der Waals surface area (Å²) in [6, 6.07) is 5.85. The van der Waals surface area contributed by atoms with Crippen molar-refractivity contribution >= 4 is 27.7 Å². The summed E-state index contributed by atoms with van der Waals surface area (Å²) < 4.78 is 2.63. The Kier molecular flexibility index (Phi) is 2.88. The van der Waals surface area contributed by atoms with E-state index in [1.54, 1.807) is 16.4 Å². The van der Waals surface area contributed by atoms with Gasteiger partial charge in [-0.3, -0.25) is 4.68 Å². The Morgan fingerprint density at radius 1 is 1.43 bits per heavy atom. The maximum Gasteiger partial charge on any atom is 0.107 e. The fourth-order valence-electron chi connectivity index (χ4n) is 1.02. The van der Waals surface area contributed by atoms with Gasteiger partial charge in [-0.25, -0.2) is 4.98 Å². The molecule has 0 aromatic carbocycles. The van der Waals surface area contributed by atoms with Crippen LogP contribution in [0.4, 0.5) is 0 Å². The summed E-state index contributed by atoms with van der Waals surface area (Å²) in [5, 5.41) is 5.06. The highest BCUT2D eigenvalue weighted by Crippen LogP contribution is 2.25. The van der Waals surface area contributed by atoms with Crippen molar-refractivity contribution in [3.8, 4) is 0 Å². The maximum atomic E-state index is 4.32. The molecule has 72 valence electrons. The second-order valence-electron chi connectivity index (χ2n) is 2.75. The maximum absolute atomic E-state index is 4.32. The van der Waals surface area contributed by atoms with Crippen molar-refractivity contribution in [3.63, 3.8) is 0 Å². The first-order valence-corrected chi connectivity index (χ1v) is 5.64. The molecule has 0 saturated carbocycles. The lowest BCUT2D eigenvalue weighted by molar-refractivity contribution is 0.766. The number of halogens is 1. The lowest BCUT2D eigenvalue weighted by Gasteiger charge is -1.96. The number of hydrogen-bond acceptors (Lipinski definition) is 3. The molecule has 2 aromatic rings. The molecule has 0 N–H and O–H groups in total. The van der Waals surface area contributed by atoms with Crippen LogP contribution in [0.5, 0.6) is 0 Å². The van der Waals surface area contributed by atoms with Crippen LogP contribution in [0.2, 0.25) is 0 Å². The molecule has 0 atom stereocenters. The molecule has 2 aromatic heterocycles. The van der Waals surface area contributed by atoms with E-state index in [0.717, 1.165) is 14.5 Å². The molecule has 0 radical (unpaired) electrons. The number of aryl methyl sites for hydroxylation is 1. The first kappa shape index (κ1) is 9.73. The van der Waals surface area contributed by atoms with Crippen LogP contribution in [0.1, 0.15) is 0 Å². The quantitative estimate of drug-likeness (QED) is 0.786. The molecule has 0 saturated heterocycles. The zero-order valence-corrected chi connectivity index (χ0v) is 9.92. The standard InChI is InChI=1S/C9H8BrN3S/c1-13-6-7(5-11-13)14-9-4-2-3-8(10)12-9/h2-6H,1H3. The topological polar surface area (TPSA) is 30.7 Å². The molecule has 3 nitrogen and oxygen atoms in total. The van der Waals surface area contributed by atoms with Gasteiger partial charge in [-0.15, -0.1) is 0 Å². The molecule has 0 spiro atoms. The van der Waals surface area contributed by atoms with Crippen molar-refractivity contribution < 1.29 is 0 Å². The highest BCUT2D eigenvalue weighted by atomic mass is 79.9. The van der Waals surface area contributed by atoms with Crippen LogP contribution >= 0.6 is 27.7 Å². The molecule has 0 fully saturated rings. The lowest BCUT2D eigenvalue weighted by Crippen LogP contribution is -1.84. The van der Waals surface area contributed by atoms with Gasteiger partial charge in [-0.1, -0.05) is 17.8 Å². The average molecular weight is 270 g/mol. The van der Waals surface area contributed by atoms with Crippen molar-refractivity contribution in [1.82, 2.24) is 14.8 Å². The van der Waals surface area contributed by atoms with Crippen molar-refractivity contribution in [3.05, 3.63) is 35.2 Å². The van der Waals surface area contributed by atoms with E-state index in [0.29, 0.717) is 0 Å². The van der Waals surface area contributed by atoms with E-state index >= 15 is 0 Å². The Morgan fingerprint density at radius 3 is 2.93 bits per heavy atom. The highest BCUT2D eigenvalue weighted by Gasteiger charge is 2.00. The van der Waals surface area contributed by atoms with Crippen molar-refractivity contribution in [2.45, 2.75) is 9.92 Å². The summed E-state index contributed by atoms with van der Waals surface area (Å²) in [5.74, 6) is 0. The molecular weight excluding hydrogens is 262 g/mol. The van der Waals surface area contributed by atoms with E-state index < -0.39 is 0 Å². The third-order valence-corrected chi connectivity index (χ3v) is 2.92. The number of aromatic nitrogens is 3. The molecule has 0 bridgehead atoms. The summed E-state index contributed by atoms with van der Waals surface area (Å²) in [6.07, 6.45) is 3.79. The molecule has 0 aliphatic heterocycles. The fraction of sp³-hybridized carbons (Fsp3) is 0.111. The van der Waals surface area contributed by atoms with Gasteiger partial charge in [0, 0.05) is 13.2 Å². The molecule has 0 aliphatic rings. The zero-order chi connectivity index (χ0) is 9.97. The molecule has 2 rings (SSSR count). The van der Waals surface area contributed by atoms with Crippen LogP contribution in [0, 0.1) is 0 Å². The van der Waals surface area contributed by atoms with E-state index in [4.69, 9.17) is 0 Å². The minimum atomic E-state index is 0.853. The van der Waals surface area contributed by atoms with Gasteiger partial charge in [0.25, 0.3) is 0 Å². The Balaban J connectivity index is 2.18. The van der Waals surface area contributed by atoms with E-state index in [1.807, 2.05) is 37.6 Å². The van der Waals surface area contributed by atoms with Gasteiger partial charge in [0.15, 0.2) is 0 Å². The minimum Gasteiger partial charge on any atom is -0.275 e. The van der Waals surface area contributed by atoms with Gasteiger partial charge in [-0.05, 0) is 28.1 Å².